The Morgan fingerprint density at radius 3 is 2.61 bits per heavy atom. The molecule has 0 radical (unpaired) electrons. The molecule has 0 saturated carbocycles. The van der Waals surface area contributed by atoms with E-state index in [1.54, 1.807) is 7.05 Å². The predicted octanol–water partition coefficient (Wildman–Crippen LogP) is 5.97. The van der Waals surface area contributed by atoms with E-state index in [1.807, 2.05) is 6.07 Å². The fraction of sp³-hybridized carbons (Fsp3) is 0.200. The summed E-state index contributed by atoms with van der Waals surface area (Å²) in [4.78, 5) is 12.4. The van der Waals surface area contributed by atoms with Gasteiger partial charge in [0.15, 0.2) is 0 Å². The lowest BCUT2D eigenvalue weighted by Crippen LogP contribution is -2.30. The summed E-state index contributed by atoms with van der Waals surface area (Å²) in [5, 5.41) is 8.99. The molecule has 1 aliphatic rings. The van der Waals surface area contributed by atoms with Gasteiger partial charge in [-0.25, -0.2) is 0 Å². The number of hydrogen-bond acceptors (Lipinski definition) is 4. The van der Waals surface area contributed by atoms with Crippen molar-refractivity contribution < 1.29 is 4.42 Å². The first kappa shape index (κ1) is 22.2. The quantitative estimate of drug-likeness (QED) is 0.216. The van der Waals surface area contributed by atoms with Crippen LogP contribution >= 0.6 is 0 Å². The Kier molecular flexibility index (Phi) is 5.77. The van der Waals surface area contributed by atoms with Gasteiger partial charge in [0.25, 0.3) is 0 Å². The molecule has 180 valence electrons. The second-order valence-corrected chi connectivity index (χ2v) is 9.02. The maximum Gasteiger partial charge on any atom is 0.135 e. The SMILES string of the molecule is CCNC(=NC)c1ccc2cc(-c3ccc(-c4c[nH]c5cc(C6=NCCCN6)ccc45)cc3)oc2c1. The highest BCUT2D eigenvalue weighted by molar-refractivity contribution is 6.04. The van der Waals surface area contributed by atoms with Crippen LogP contribution in [-0.2, 0) is 0 Å². The zero-order valence-corrected chi connectivity index (χ0v) is 20.6. The minimum Gasteiger partial charge on any atom is -0.456 e. The molecule has 3 aromatic carbocycles. The lowest BCUT2D eigenvalue weighted by molar-refractivity contribution is 0.631. The van der Waals surface area contributed by atoms with E-state index in [0.29, 0.717) is 0 Å². The third kappa shape index (κ3) is 4.05. The summed E-state index contributed by atoms with van der Waals surface area (Å²) < 4.78 is 6.23. The number of aliphatic imine (C=N–C) groups is 2. The Hall–Kier alpha value is -4.32. The molecule has 5 aromatic rings. The van der Waals surface area contributed by atoms with Gasteiger partial charge in [0, 0.05) is 71.4 Å². The molecule has 0 aliphatic carbocycles. The molecule has 0 amide bonds. The summed E-state index contributed by atoms with van der Waals surface area (Å²) in [6.45, 7) is 4.76. The van der Waals surface area contributed by atoms with Crippen LogP contribution in [0, 0.1) is 0 Å². The minimum absolute atomic E-state index is 0.824. The van der Waals surface area contributed by atoms with Gasteiger partial charge >= 0.3 is 0 Å². The highest BCUT2D eigenvalue weighted by Crippen LogP contribution is 2.33. The molecule has 0 atom stereocenters. The number of aromatic amines is 1. The van der Waals surface area contributed by atoms with Crippen molar-refractivity contribution in [1.82, 2.24) is 15.6 Å². The average Bonchev–Trinajstić information content (AvgIpc) is 3.56. The zero-order valence-electron chi connectivity index (χ0n) is 20.6. The molecule has 1 aliphatic heterocycles. The first-order valence-corrected chi connectivity index (χ1v) is 12.5. The Morgan fingerprint density at radius 2 is 1.83 bits per heavy atom. The van der Waals surface area contributed by atoms with Crippen LogP contribution in [0.4, 0.5) is 0 Å². The third-order valence-electron chi connectivity index (χ3n) is 6.69. The van der Waals surface area contributed by atoms with Crippen molar-refractivity contribution in [1.29, 1.82) is 0 Å². The van der Waals surface area contributed by atoms with E-state index in [9.17, 15) is 0 Å². The fourth-order valence-corrected chi connectivity index (χ4v) is 4.85. The predicted molar refractivity (Wildman–Crippen MR) is 149 cm³/mol. The van der Waals surface area contributed by atoms with E-state index in [4.69, 9.17) is 4.42 Å². The van der Waals surface area contributed by atoms with Crippen LogP contribution in [0.15, 0.2) is 87.3 Å². The van der Waals surface area contributed by atoms with Crippen LogP contribution in [-0.4, -0.2) is 43.3 Å². The highest BCUT2D eigenvalue weighted by Gasteiger charge is 2.13. The summed E-state index contributed by atoms with van der Waals surface area (Å²) in [5.41, 5.74) is 7.52. The van der Waals surface area contributed by atoms with Gasteiger partial charge in [0.05, 0.1) is 0 Å². The van der Waals surface area contributed by atoms with Crippen LogP contribution in [0.3, 0.4) is 0 Å². The van der Waals surface area contributed by atoms with Gasteiger partial charge in [-0.1, -0.05) is 48.5 Å². The molecule has 3 N–H and O–H groups in total. The summed E-state index contributed by atoms with van der Waals surface area (Å²) in [6, 6.07) is 23.4. The van der Waals surface area contributed by atoms with Crippen LogP contribution in [0.1, 0.15) is 24.5 Å². The van der Waals surface area contributed by atoms with Crippen molar-refractivity contribution >= 4 is 33.5 Å². The standard InChI is InChI=1S/C30H29N5O/c1-3-32-29(31-2)23-10-9-21-16-27(36-28(21)17-23)20-7-5-19(6-8-20)25-18-35-26-15-22(11-12-24(25)26)30-33-13-4-14-34-30/h5-12,15-18,35H,3-4,13-14H2,1-2H3,(H,31,32)(H,33,34). The summed E-state index contributed by atoms with van der Waals surface area (Å²) in [7, 11) is 1.80. The van der Waals surface area contributed by atoms with E-state index in [2.05, 4.69) is 99.4 Å². The maximum atomic E-state index is 6.23. The van der Waals surface area contributed by atoms with Crippen LogP contribution in [0.5, 0.6) is 0 Å². The normalized spacial score (nSPS) is 14.2. The molecular formula is C30H29N5O. The first-order valence-electron chi connectivity index (χ1n) is 12.5. The Bertz CT molecular complexity index is 1600. The van der Waals surface area contributed by atoms with Gasteiger partial charge < -0.3 is 20.0 Å². The van der Waals surface area contributed by atoms with Gasteiger partial charge in [-0.05, 0) is 37.1 Å². The molecule has 0 spiro atoms. The summed E-state index contributed by atoms with van der Waals surface area (Å²) in [5.74, 6) is 2.72. The number of nitrogens with one attached hydrogen (secondary N) is 3. The number of amidine groups is 2. The van der Waals surface area contributed by atoms with Gasteiger partial charge in [0.2, 0.25) is 0 Å². The topological polar surface area (TPSA) is 77.7 Å². The number of H-pyrrole nitrogens is 1. The molecule has 3 heterocycles. The number of fused-ring (bicyclic) bond motifs is 2. The van der Waals surface area contributed by atoms with Gasteiger partial charge in [-0.3, -0.25) is 9.98 Å². The monoisotopic (exact) mass is 475 g/mol. The Morgan fingerprint density at radius 1 is 1.00 bits per heavy atom. The number of furan rings is 1. The largest absolute Gasteiger partial charge is 0.456 e. The van der Waals surface area contributed by atoms with Gasteiger partial charge in [0.1, 0.15) is 23.0 Å². The number of rotatable bonds is 5. The average molecular weight is 476 g/mol. The van der Waals surface area contributed by atoms with Crippen LogP contribution in [0.25, 0.3) is 44.3 Å². The van der Waals surface area contributed by atoms with Crippen molar-refractivity contribution in [3.05, 3.63) is 84.1 Å². The highest BCUT2D eigenvalue weighted by atomic mass is 16.3. The van der Waals surface area contributed by atoms with E-state index < -0.39 is 0 Å². The zero-order chi connectivity index (χ0) is 24.5. The van der Waals surface area contributed by atoms with Crippen molar-refractivity contribution in [3.63, 3.8) is 0 Å². The van der Waals surface area contributed by atoms with Gasteiger partial charge in [-0.2, -0.15) is 0 Å². The molecule has 0 unspecified atom stereocenters. The van der Waals surface area contributed by atoms with Crippen molar-refractivity contribution in [2.75, 3.05) is 26.7 Å². The van der Waals surface area contributed by atoms with Crippen LogP contribution in [0.2, 0.25) is 0 Å². The molecular weight excluding hydrogens is 446 g/mol. The van der Waals surface area contributed by atoms with E-state index in [0.717, 1.165) is 76.7 Å². The lowest BCUT2D eigenvalue weighted by Gasteiger charge is -2.14. The lowest BCUT2D eigenvalue weighted by atomic mass is 10.0. The smallest absolute Gasteiger partial charge is 0.135 e. The number of benzene rings is 3. The maximum absolute atomic E-state index is 6.23. The molecule has 36 heavy (non-hydrogen) atoms. The molecule has 6 rings (SSSR count). The Labute approximate surface area is 210 Å². The van der Waals surface area contributed by atoms with Crippen molar-refractivity contribution in [2.45, 2.75) is 13.3 Å². The summed E-state index contributed by atoms with van der Waals surface area (Å²) in [6.07, 6.45) is 3.17. The molecule has 2 aromatic heterocycles. The molecule has 0 fully saturated rings. The number of aromatic nitrogens is 1. The fourth-order valence-electron chi connectivity index (χ4n) is 4.85. The summed E-state index contributed by atoms with van der Waals surface area (Å²) >= 11 is 0. The number of hydrogen-bond donors (Lipinski definition) is 3. The molecule has 6 heteroatoms. The molecule has 6 nitrogen and oxygen atoms in total. The number of nitrogens with zero attached hydrogens (tertiary/aromatic N) is 2. The second kappa shape index (κ2) is 9.38. The van der Waals surface area contributed by atoms with Crippen molar-refractivity contribution in [3.8, 4) is 22.5 Å². The van der Waals surface area contributed by atoms with Gasteiger partial charge in [-0.15, -0.1) is 0 Å². The van der Waals surface area contributed by atoms with E-state index in [1.165, 1.54) is 16.5 Å². The van der Waals surface area contributed by atoms with Crippen molar-refractivity contribution in [2.24, 2.45) is 9.98 Å². The van der Waals surface area contributed by atoms with Crippen LogP contribution < -0.4 is 10.6 Å². The third-order valence-corrected chi connectivity index (χ3v) is 6.69. The second-order valence-electron chi connectivity index (χ2n) is 9.02. The van der Waals surface area contributed by atoms with E-state index >= 15 is 0 Å². The minimum atomic E-state index is 0.824. The van der Waals surface area contributed by atoms with E-state index in [-0.39, 0.29) is 0 Å². The first-order chi connectivity index (χ1) is 17.7. The molecule has 0 bridgehead atoms. The molecule has 0 saturated heterocycles. The Balaban J connectivity index is 1.28.